The fraction of sp³-hybridized carbons (Fsp3) is 0.154. The van der Waals surface area contributed by atoms with Crippen molar-refractivity contribution in [2.45, 2.75) is 4.90 Å². The molecule has 21 heteroatoms. The van der Waals surface area contributed by atoms with Crippen LogP contribution in [0.2, 0.25) is 15.5 Å². The van der Waals surface area contributed by atoms with Gasteiger partial charge in [-0.05, 0) is 24.3 Å². The maximum absolute atomic E-state index is 12.7. The summed E-state index contributed by atoms with van der Waals surface area (Å²) in [6.45, 7) is 0. The second-order valence-electron chi connectivity index (χ2n) is 9.38. The molecule has 0 atom stereocenters. The largest absolute Gasteiger partial charge is 0.337 e. The van der Waals surface area contributed by atoms with Gasteiger partial charge in [-0.1, -0.05) is 34.8 Å². The predicted molar refractivity (Wildman–Crippen MR) is 184 cm³/mol. The van der Waals surface area contributed by atoms with E-state index in [-0.39, 0.29) is 37.0 Å². The van der Waals surface area contributed by atoms with Crippen LogP contribution in [0.5, 0.6) is 0 Å². The van der Waals surface area contributed by atoms with Crippen molar-refractivity contribution in [2.24, 2.45) is 0 Å². The summed E-state index contributed by atoms with van der Waals surface area (Å²) in [5.41, 5.74) is -0.431. The minimum Gasteiger partial charge on any atom is -0.337 e. The molecule has 0 amide bonds. The van der Waals surface area contributed by atoms with Crippen LogP contribution in [-0.4, -0.2) is 83.9 Å². The van der Waals surface area contributed by atoms with E-state index in [4.69, 9.17) is 34.8 Å². The Labute approximate surface area is 292 Å². The van der Waals surface area contributed by atoms with Gasteiger partial charge in [-0.2, -0.15) is 0 Å². The van der Waals surface area contributed by atoms with Crippen LogP contribution in [0, 0.1) is 0 Å². The Morgan fingerprint density at radius 2 is 1.53 bits per heavy atom. The predicted octanol–water partition coefficient (Wildman–Crippen LogP) is 4.62. The van der Waals surface area contributed by atoms with Crippen molar-refractivity contribution >= 4 is 99.5 Å². The van der Waals surface area contributed by atoms with Crippen molar-refractivity contribution in [3.05, 3.63) is 96.0 Å². The molecule has 0 aromatic carbocycles. The highest BCUT2D eigenvalue weighted by Gasteiger charge is 2.30. The lowest BCUT2D eigenvalue weighted by molar-refractivity contribution is 0.104. The summed E-state index contributed by atoms with van der Waals surface area (Å²) >= 11 is 20.1. The molecule has 47 heavy (non-hydrogen) atoms. The number of allylic oxidation sites excluding steroid dienone is 1. The van der Waals surface area contributed by atoms with Crippen molar-refractivity contribution in [3.63, 3.8) is 0 Å². The number of hydrogen-bond donors (Lipinski definition) is 1. The van der Waals surface area contributed by atoms with Crippen LogP contribution in [-0.2, 0) is 20.0 Å². The number of halogens is 3. The first-order valence-corrected chi connectivity index (χ1v) is 18.5. The first kappa shape index (κ1) is 36.5. The molecule has 1 N–H and O–H groups in total. The number of rotatable bonds is 9. The van der Waals surface area contributed by atoms with Crippen LogP contribution in [0.1, 0.15) is 10.4 Å². The third-order valence-corrected chi connectivity index (χ3v) is 11.8. The standard InChI is InChI=1S/C13H12Cl2N4O3S2.C13H11ClN4O3S2/c1-19(2)24(21,22)9(7-17-13-16-5-6-23-13)11(20)8-3-4-10(14)18-12(8)15;1-17(2)23(20,21)9-7-18(13-15-5-6-22-13)12-8(11(9)19)3-4-10(14)16-12/h3-7H,1-2H3,(H,16,17);3-7H,1-2H3. The first-order valence-electron chi connectivity index (χ1n) is 12.8. The summed E-state index contributed by atoms with van der Waals surface area (Å²) in [6.07, 6.45) is 5.45. The molecule has 14 nitrogen and oxygen atoms in total. The van der Waals surface area contributed by atoms with Gasteiger partial charge in [0, 0.05) is 63.7 Å². The maximum Gasteiger partial charge on any atom is 0.247 e. The van der Waals surface area contributed by atoms with E-state index < -0.39 is 36.2 Å². The van der Waals surface area contributed by atoms with E-state index in [0.717, 1.165) is 14.8 Å². The molecule has 0 unspecified atom stereocenters. The summed E-state index contributed by atoms with van der Waals surface area (Å²) in [4.78, 5) is 40.5. The number of ketones is 1. The molecule has 0 fully saturated rings. The Morgan fingerprint density at radius 1 is 0.894 bits per heavy atom. The molecule has 0 bridgehead atoms. The SMILES string of the molecule is CN(C)S(=O)(=O)C(=CNc1nccs1)C(=O)c1ccc(Cl)nc1Cl.CN(C)S(=O)(=O)c1cn(-c2nccs2)c2nc(Cl)ccc2c1=O. The number of pyridine rings is 3. The van der Waals surface area contributed by atoms with E-state index >= 15 is 0 Å². The number of sulfonamides is 2. The molecular weight excluding hydrogens is 755 g/mol. The number of nitrogens with one attached hydrogen (secondary N) is 1. The second kappa shape index (κ2) is 14.8. The highest BCUT2D eigenvalue weighted by atomic mass is 35.5. The molecule has 0 aliphatic rings. The van der Waals surface area contributed by atoms with Gasteiger partial charge in [0.25, 0.3) is 0 Å². The Bertz CT molecular complexity index is 2240. The van der Waals surface area contributed by atoms with E-state index in [9.17, 15) is 26.4 Å². The molecule has 5 heterocycles. The van der Waals surface area contributed by atoms with E-state index in [1.807, 2.05) is 0 Å². The van der Waals surface area contributed by atoms with Gasteiger partial charge in [-0.25, -0.2) is 45.4 Å². The number of anilines is 1. The van der Waals surface area contributed by atoms with Crippen LogP contribution in [0.25, 0.3) is 16.2 Å². The van der Waals surface area contributed by atoms with Gasteiger partial charge in [0.1, 0.15) is 25.3 Å². The average Bonchev–Trinajstić information content (AvgIpc) is 3.72. The van der Waals surface area contributed by atoms with Gasteiger partial charge in [0.05, 0.1) is 10.9 Å². The molecule has 248 valence electrons. The highest BCUT2D eigenvalue weighted by molar-refractivity contribution is 7.94. The molecule has 0 saturated carbocycles. The summed E-state index contributed by atoms with van der Waals surface area (Å²) in [6, 6.07) is 5.59. The van der Waals surface area contributed by atoms with Gasteiger partial charge in [0.2, 0.25) is 31.3 Å². The minimum atomic E-state index is -4.03. The minimum absolute atomic E-state index is 0.0707. The number of hydrogen-bond acceptors (Lipinski definition) is 13. The number of thiazole rings is 2. The van der Waals surface area contributed by atoms with Crippen LogP contribution >= 0.6 is 57.5 Å². The molecule has 5 aromatic rings. The zero-order valence-electron chi connectivity index (χ0n) is 24.6. The lowest BCUT2D eigenvalue weighted by Gasteiger charge is -2.14. The summed E-state index contributed by atoms with van der Waals surface area (Å²) in [7, 11) is -2.56. The number of fused-ring (bicyclic) bond motifs is 1. The monoisotopic (exact) mass is 776 g/mol. The highest BCUT2D eigenvalue weighted by Crippen LogP contribution is 2.25. The van der Waals surface area contributed by atoms with Gasteiger partial charge in [-0.3, -0.25) is 14.2 Å². The summed E-state index contributed by atoms with van der Waals surface area (Å²) in [5, 5.41) is 7.34. The van der Waals surface area contributed by atoms with E-state index in [0.29, 0.717) is 10.3 Å². The lowest BCUT2D eigenvalue weighted by Crippen LogP contribution is -2.28. The molecule has 5 rings (SSSR count). The molecule has 5 aromatic heterocycles. The number of aromatic nitrogens is 5. The van der Waals surface area contributed by atoms with Crippen LogP contribution in [0.3, 0.4) is 0 Å². The maximum atomic E-state index is 12.7. The van der Waals surface area contributed by atoms with Crippen LogP contribution < -0.4 is 10.7 Å². The number of nitrogens with zero attached hydrogens (tertiary/aromatic N) is 7. The number of carbonyl (C=O) groups is 1. The first-order chi connectivity index (χ1) is 22.0. The van der Waals surface area contributed by atoms with Gasteiger partial charge < -0.3 is 5.32 Å². The quantitative estimate of drug-likeness (QED) is 0.126. The van der Waals surface area contributed by atoms with Crippen molar-refractivity contribution in [1.29, 1.82) is 0 Å². The molecule has 0 aliphatic heterocycles. The average molecular weight is 778 g/mol. The summed E-state index contributed by atoms with van der Waals surface area (Å²) < 4.78 is 53.2. The van der Waals surface area contributed by atoms with Gasteiger partial charge in [0.15, 0.2) is 15.9 Å². The Hall–Kier alpha value is -3.33. The number of Topliss-reactive ketones (excluding diaryl/α,β-unsaturated/α-hetero) is 1. The second-order valence-corrected chi connectivity index (χ2v) is 16.5. The van der Waals surface area contributed by atoms with E-state index in [1.165, 1.54) is 85.9 Å². The van der Waals surface area contributed by atoms with Gasteiger partial charge in [-0.15, -0.1) is 22.7 Å². The smallest absolute Gasteiger partial charge is 0.247 e. The van der Waals surface area contributed by atoms with Crippen molar-refractivity contribution in [3.8, 4) is 5.13 Å². The Morgan fingerprint density at radius 3 is 2.11 bits per heavy atom. The van der Waals surface area contributed by atoms with Crippen LogP contribution in [0.15, 0.2) is 74.4 Å². The fourth-order valence-corrected chi connectivity index (χ4v) is 7.22. The third-order valence-electron chi connectivity index (χ3n) is 5.97. The summed E-state index contributed by atoms with van der Waals surface area (Å²) in [5.74, 6) is -0.804. The van der Waals surface area contributed by atoms with E-state index in [1.54, 1.807) is 23.2 Å². The molecule has 0 aliphatic carbocycles. The normalized spacial score (nSPS) is 12.3. The lowest BCUT2D eigenvalue weighted by atomic mass is 10.2. The van der Waals surface area contributed by atoms with Crippen LogP contribution in [0.4, 0.5) is 5.13 Å². The molecule has 0 radical (unpaired) electrons. The molecular formula is C26H23Cl3N8O6S4. The van der Waals surface area contributed by atoms with Crippen molar-refractivity contribution < 1.29 is 21.6 Å². The zero-order valence-corrected chi connectivity index (χ0v) is 30.2. The fourth-order valence-electron chi connectivity index (χ4n) is 3.61. The van der Waals surface area contributed by atoms with Crippen molar-refractivity contribution in [2.75, 3.05) is 33.5 Å². The molecule has 0 saturated heterocycles. The Kier molecular flexibility index (Phi) is 11.5. The van der Waals surface area contributed by atoms with E-state index in [2.05, 4.69) is 25.3 Å². The Balaban J connectivity index is 0.000000213. The third kappa shape index (κ3) is 8.04. The van der Waals surface area contributed by atoms with Crippen molar-refractivity contribution in [1.82, 2.24) is 33.1 Å². The zero-order chi connectivity index (χ0) is 34.7. The number of carbonyl (C=O) groups excluding carboxylic acids is 1. The van der Waals surface area contributed by atoms with Gasteiger partial charge >= 0.3 is 0 Å². The molecule has 0 spiro atoms. The topological polar surface area (TPSA) is 177 Å².